The highest BCUT2D eigenvalue weighted by Crippen LogP contribution is 2.42. The van der Waals surface area contributed by atoms with E-state index in [-0.39, 0.29) is 11.3 Å². The maximum Gasteiger partial charge on any atom is 0.295 e. The predicted octanol–water partition coefficient (Wildman–Crippen LogP) is 2.95. The van der Waals surface area contributed by atoms with Crippen LogP contribution >= 0.6 is 0 Å². The van der Waals surface area contributed by atoms with Gasteiger partial charge >= 0.3 is 0 Å². The van der Waals surface area contributed by atoms with Crippen molar-refractivity contribution in [1.82, 2.24) is 19.2 Å². The minimum absolute atomic E-state index is 0.0207. The number of carbonyl (C=O) groups excluding carboxylic acids is 2. The predicted molar refractivity (Wildman–Crippen MR) is 132 cm³/mol. The van der Waals surface area contributed by atoms with Gasteiger partial charge in [-0.25, -0.2) is 4.98 Å². The van der Waals surface area contributed by atoms with Crippen LogP contribution in [-0.2, 0) is 9.59 Å². The standard InChI is InChI=1S/C26H30N4O5/c1-15-8-7-11-29-21(16(2)27-25(15)29)23(31)20-22(17-9-10-18(34-5)19(14-17)35-6)30(13-12-28(3)4)26(33)24(20)32/h7-11,14,22,31H,12-13H2,1-6H3/b23-20+/t22-/m0/s1. The zero-order valence-corrected chi connectivity index (χ0v) is 20.8. The Hall–Kier alpha value is -3.85. The molecule has 3 aromatic rings. The number of imidazole rings is 1. The Morgan fingerprint density at radius 3 is 2.49 bits per heavy atom. The van der Waals surface area contributed by atoms with Crippen LogP contribution in [0.4, 0.5) is 0 Å². The number of benzene rings is 1. The van der Waals surface area contributed by atoms with Crippen LogP contribution in [0.25, 0.3) is 11.4 Å². The average molecular weight is 479 g/mol. The molecule has 1 N–H and O–H groups in total. The number of nitrogens with zero attached hydrogens (tertiary/aromatic N) is 4. The molecule has 0 unspecified atom stereocenters. The zero-order valence-electron chi connectivity index (χ0n) is 20.8. The van der Waals surface area contributed by atoms with Crippen molar-refractivity contribution >= 4 is 23.1 Å². The lowest BCUT2D eigenvalue weighted by Gasteiger charge is -2.27. The zero-order chi connectivity index (χ0) is 25.4. The number of aliphatic hydroxyl groups is 1. The molecule has 35 heavy (non-hydrogen) atoms. The summed E-state index contributed by atoms with van der Waals surface area (Å²) in [5, 5.41) is 11.6. The lowest BCUT2D eigenvalue weighted by atomic mass is 9.96. The quantitative estimate of drug-likeness (QED) is 0.317. The van der Waals surface area contributed by atoms with Gasteiger partial charge in [0.05, 0.1) is 31.5 Å². The van der Waals surface area contributed by atoms with Crippen LogP contribution in [0.15, 0.2) is 42.1 Å². The molecule has 1 aliphatic rings. The number of carbonyl (C=O) groups is 2. The number of hydrogen-bond acceptors (Lipinski definition) is 7. The van der Waals surface area contributed by atoms with Gasteiger partial charge in [-0.3, -0.25) is 14.0 Å². The van der Waals surface area contributed by atoms with Crippen molar-refractivity contribution in [3.05, 3.63) is 64.6 Å². The molecule has 1 saturated heterocycles. The number of aryl methyl sites for hydroxylation is 2. The molecular formula is C26H30N4O5. The number of ether oxygens (including phenoxy) is 2. The van der Waals surface area contributed by atoms with E-state index in [1.54, 1.807) is 35.7 Å². The highest BCUT2D eigenvalue weighted by atomic mass is 16.5. The molecule has 1 atom stereocenters. The summed E-state index contributed by atoms with van der Waals surface area (Å²) in [6.45, 7) is 4.55. The maximum atomic E-state index is 13.4. The number of likely N-dealkylation sites (tertiary alicyclic amines) is 1. The molecule has 1 aromatic carbocycles. The van der Waals surface area contributed by atoms with Gasteiger partial charge in [-0.05, 0) is 57.3 Å². The van der Waals surface area contributed by atoms with E-state index in [9.17, 15) is 14.7 Å². The highest BCUT2D eigenvalue weighted by molar-refractivity contribution is 6.46. The number of aliphatic hydroxyl groups excluding tert-OH is 1. The molecule has 4 rings (SSSR count). The molecule has 9 heteroatoms. The fraction of sp³-hybridized carbons (Fsp3) is 0.346. The summed E-state index contributed by atoms with van der Waals surface area (Å²) in [4.78, 5) is 34.6. The molecule has 0 radical (unpaired) electrons. The minimum Gasteiger partial charge on any atom is -0.505 e. The second-order valence-electron chi connectivity index (χ2n) is 8.84. The van der Waals surface area contributed by atoms with Crippen LogP contribution in [0, 0.1) is 13.8 Å². The number of rotatable bonds is 7. The molecule has 184 valence electrons. The Bertz CT molecular complexity index is 1340. The molecule has 2 aromatic heterocycles. The van der Waals surface area contributed by atoms with Crippen molar-refractivity contribution in [3.8, 4) is 11.5 Å². The van der Waals surface area contributed by atoms with E-state index in [4.69, 9.17) is 9.47 Å². The largest absolute Gasteiger partial charge is 0.505 e. The SMILES string of the molecule is COc1ccc([C@H]2/C(=C(\O)c3c(C)nc4c(C)cccn34)C(=O)C(=O)N2CCN(C)C)cc1OC. The van der Waals surface area contributed by atoms with Gasteiger partial charge in [-0.2, -0.15) is 0 Å². The molecule has 0 aliphatic carbocycles. The summed E-state index contributed by atoms with van der Waals surface area (Å²) in [5.74, 6) is -0.663. The van der Waals surface area contributed by atoms with Gasteiger partial charge in [0.1, 0.15) is 11.3 Å². The minimum atomic E-state index is -0.801. The first-order chi connectivity index (χ1) is 16.7. The topological polar surface area (TPSA) is 96.6 Å². The van der Waals surface area contributed by atoms with Crippen molar-refractivity contribution in [2.45, 2.75) is 19.9 Å². The first-order valence-corrected chi connectivity index (χ1v) is 11.3. The first-order valence-electron chi connectivity index (χ1n) is 11.3. The number of fused-ring (bicyclic) bond motifs is 1. The van der Waals surface area contributed by atoms with Crippen molar-refractivity contribution in [2.75, 3.05) is 41.4 Å². The number of methoxy groups -OCH3 is 2. The Morgan fingerprint density at radius 2 is 1.83 bits per heavy atom. The van der Waals surface area contributed by atoms with Gasteiger partial charge < -0.3 is 24.4 Å². The van der Waals surface area contributed by atoms with E-state index in [1.807, 2.05) is 38.1 Å². The van der Waals surface area contributed by atoms with E-state index in [0.717, 1.165) is 5.56 Å². The summed E-state index contributed by atoms with van der Waals surface area (Å²) in [6.07, 6.45) is 1.78. The maximum absolute atomic E-state index is 13.4. The van der Waals surface area contributed by atoms with Crippen molar-refractivity contribution in [1.29, 1.82) is 0 Å². The molecule has 9 nitrogen and oxygen atoms in total. The molecule has 1 aliphatic heterocycles. The smallest absolute Gasteiger partial charge is 0.295 e. The van der Waals surface area contributed by atoms with Gasteiger partial charge in [0, 0.05) is 19.3 Å². The molecule has 0 bridgehead atoms. The van der Waals surface area contributed by atoms with Crippen LogP contribution in [0.5, 0.6) is 11.5 Å². The van der Waals surface area contributed by atoms with Crippen LogP contribution in [0.2, 0.25) is 0 Å². The van der Waals surface area contributed by atoms with E-state index in [2.05, 4.69) is 4.98 Å². The lowest BCUT2D eigenvalue weighted by molar-refractivity contribution is -0.140. The number of likely N-dealkylation sites (N-methyl/N-ethyl adjacent to an activating group) is 1. The number of hydrogen-bond donors (Lipinski definition) is 1. The Balaban J connectivity index is 1.96. The average Bonchev–Trinajstić information content (AvgIpc) is 3.31. The fourth-order valence-electron chi connectivity index (χ4n) is 4.52. The van der Waals surface area contributed by atoms with Gasteiger partial charge in [-0.15, -0.1) is 0 Å². The Labute approximate surface area is 204 Å². The summed E-state index contributed by atoms with van der Waals surface area (Å²) in [5.41, 5.74) is 3.20. The second-order valence-corrected chi connectivity index (χ2v) is 8.84. The number of amides is 1. The van der Waals surface area contributed by atoms with Gasteiger partial charge in [0.25, 0.3) is 11.7 Å². The summed E-state index contributed by atoms with van der Waals surface area (Å²) in [7, 11) is 6.85. The fourth-order valence-corrected chi connectivity index (χ4v) is 4.52. The third-order valence-electron chi connectivity index (χ3n) is 6.30. The van der Waals surface area contributed by atoms with Crippen molar-refractivity contribution in [2.24, 2.45) is 0 Å². The molecule has 0 spiro atoms. The normalized spacial score (nSPS) is 17.6. The van der Waals surface area contributed by atoms with E-state index in [0.29, 0.717) is 47.2 Å². The Morgan fingerprint density at radius 1 is 1.11 bits per heavy atom. The highest BCUT2D eigenvalue weighted by Gasteiger charge is 2.46. The Kier molecular flexibility index (Phi) is 6.53. The number of aromatic nitrogens is 2. The summed E-state index contributed by atoms with van der Waals surface area (Å²) in [6, 6.07) is 8.21. The van der Waals surface area contributed by atoms with E-state index >= 15 is 0 Å². The third-order valence-corrected chi connectivity index (χ3v) is 6.30. The van der Waals surface area contributed by atoms with E-state index in [1.165, 1.54) is 19.1 Å². The summed E-state index contributed by atoms with van der Waals surface area (Å²) < 4.78 is 12.6. The first kappa shape index (κ1) is 24.3. The van der Waals surface area contributed by atoms with Gasteiger partial charge in [-0.1, -0.05) is 12.1 Å². The van der Waals surface area contributed by atoms with E-state index < -0.39 is 17.7 Å². The van der Waals surface area contributed by atoms with Crippen LogP contribution < -0.4 is 9.47 Å². The third kappa shape index (κ3) is 4.12. The number of ketones is 1. The molecule has 1 fully saturated rings. The number of Topliss-reactive ketones (excluding diaryl/α,β-unsaturated/α-hetero) is 1. The van der Waals surface area contributed by atoms with Crippen LogP contribution in [0.1, 0.15) is 28.6 Å². The molecule has 1 amide bonds. The van der Waals surface area contributed by atoms with Gasteiger partial charge in [0.15, 0.2) is 17.3 Å². The van der Waals surface area contributed by atoms with Crippen LogP contribution in [0.3, 0.4) is 0 Å². The molecular weight excluding hydrogens is 448 g/mol. The lowest BCUT2D eigenvalue weighted by Crippen LogP contribution is -2.35. The summed E-state index contributed by atoms with van der Waals surface area (Å²) >= 11 is 0. The second kappa shape index (κ2) is 9.42. The molecule has 0 saturated carbocycles. The monoisotopic (exact) mass is 478 g/mol. The van der Waals surface area contributed by atoms with Crippen LogP contribution in [-0.4, -0.2) is 77.4 Å². The van der Waals surface area contributed by atoms with Crippen molar-refractivity contribution in [3.63, 3.8) is 0 Å². The number of pyridine rings is 1. The van der Waals surface area contributed by atoms with Gasteiger partial charge in [0.2, 0.25) is 0 Å². The van der Waals surface area contributed by atoms with Crippen molar-refractivity contribution < 1.29 is 24.2 Å². The molecule has 3 heterocycles.